The van der Waals surface area contributed by atoms with Crippen molar-refractivity contribution >= 4 is 31.4 Å². The van der Waals surface area contributed by atoms with Crippen LogP contribution in [-0.4, -0.2) is 133 Å². The van der Waals surface area contributed by atoms with E-state index < -0.39 is 19.2 Å². The molecule has 0 spiro atoms. The molecule has 1 rings (SSSR count). The van der Waals surface area contributed by atoms with E-state index in [4.69, 9.17) is 57.7 Å². The molecule has 316 valence electrons. The highest BCUT2D eigenvalue weighted by Crippen LogP contribution is 2.36. The topological polar surface area (TPSA) is 244 Å². The molecule has 0 bridgehead atoms. The lowest BCUT2D eigenvalue weighted by atomic mass is 9.82. The lowest BCUT2D eigenvalue weighted by molar-refractivity contribution is -0.121. The number of para-hydroxylation sites is 1. The number of rotatable bonds is 34. The van der Waals surface area contributed by atoms with Crippen molar-refractivity contribution in [1.82, 2.24) is 21.3 Å². The molecular weight excluding hydrogens is 765 g/mol. The van der Waals surface area contributed by atoms with Crippen LogP contribution in [0.25, 0.3) is 0 Å². The maximum Gasteiger partial charge on any atom is 0.453 e. The van der Waals surface area contributed by atoms with Crippen molar-refractivity contribution in [3.05, 3.63) is 29.8 Å². The van der Waals surface area contributed by atoms with Crippen LogP contribution in [0.4, 0.5) is 0 Å². The molecular formula is C38H56N5O13P. The second-order valence-corrected chi connectivity index (χ2v) is 13.4. The second kappa shape index (κ2) is 31.6. The third kappa shape index (κ3) is 26.9. The molecule has 0 aliphatic heterocycles. The van der Waals surface area contributed by atoms with Gasteiger partial charge in [0.05, 0.1) is 65.0 Å². The fraction of sp³-hybridized carbons (Fsp3) is 0.579. The lowest BCUT2D eigenvalue weighted by Crippen LogP contribution is -2.50. The quantitative estimate of drug-likeness (QED) is 0.0311. The van der Waals surface area contributed by atoms with Crippen molar-refractivity contribution in [2.75, 3.05) is 98.9 Å². The van der Waals surface area contributed by atoms with Gasteiger partial charge in [0.1, 0.15) is 25.6 Å². The first kappa shape index (κ1) is 50.5. The molecule has 0 saturated carbocycles. The molecule has 7 N–H and O–H groups in total. The van der Waals surface area contributed by atoms with Gasteiger partial charge in [-0.3, -0.25) is 19.2 Å². The van der Waals surface area contributed by atoms with Crippen LogP contribution in [0.2, 0.25) is 0 Å². The SMILES string of the molecule is C#CCOCCOCCNC(=O)CCC(CCC(=O)NCCOCCOCC#C)(CCC(=O)NCCOCCOCC#C)NC(=O)c1ccccc1OP(N)(=O)O. The van der Waals surface area contributed by atoms with Crippen molar-refractivity contribution in [2.45, 2.75) is 44.1 Å². The average molecular weight is 822 g/mol. The first-order chi connectivity index (χ1) is 27.4. The van der Waals surface area contributed by atoms with Crippen LogP contribution >= 0.6 is 7.75 Å². The Balaban J connectivity index is 3.15. The Morgan fingerprint density at radius 1 is 0.632 bits per heavy atom. The minimum Gasteiger partial charge on any atom is -0.413 e. The smallest absolute Gasteiger partial charge is 0.413 e. The van der Waals surface area contributed by atoms with Crippen LogP contribution in [0.1, 0.15) is 48.9 Å². The number of nitrogens with two attached hydrogens (primary N) is 1. The molecule has 1 unspecified atom stereocenters. The zero-order chi connectivity index (χ0) is 42.0. The molecule has 0 aromatic heterocycles. The first-order valence-corrected chi connectivity index (χ1v) is 19.9. The standard InChI is InChI=1S/C38H56N5O13P/c1-4-20-50-26-29-53-23-17-40-34(44)11-14-38(15-12-35(45)41-18-24-54-30-27-51-21-5-2,16-13-36(46)42-19-25-55-31-28-52-22-6-3)43-37(47)32-9-7-8-10-33(32)56-57(39,48)49/h1-3,7-10H,11-31H2,(H,40,44)(H,41,45)(H,42,46)(H,43,47)(H3,39,48,49). The van der Waals surface area contributed by atoms with Gasteiger partial charge in [-0.15, -0.1) is 19.3 Å². The van der Waals surface area contributed by atoms with E-state index in [0.29, 0.717) is 19.8 Å². The molecule has 0 heterocycles. The molecule has 0 saturated heterocycles. The number of hydrogen-bond acceptors (Lipinski definition) is 12. The van der Waals surface area contributed by atoms with Crippen molar-refractivity contribution in [1.29, 1.82) is 0 Å². The minimum atomic E-state index is -4.57. The van der Waals surface area contributed by atoms with Crippen LogP contribution in [0, 0.1) is 37.0 Å². The number of carbonyl (C=O) groups is 4. The third-order valence-electron chi connectivity index (χ3n) is 7.61. The van der Waals surface area contributed by atoms with Crippen LogP contribution < -0.4 is 31.3 Å². The number of amides is 4. The van der Waals surface area contributed by atoms with Crippen molar-refractivity contribution < 1.29 is 61.6 Å². The molecule has 0 aliphatic carbocycles. The summed E-state index contributed by atoms with van der Waals surface area (Å²) in [4.78, 5) is 62.7. The van der Waals surface area contributed by atoms with Gasteiger partial charge in [-0.2, -0.15) is 0 Å². The number of terminal acetylenes is 3. The fourth-order valence-electron chi connectivity index (χ4n) is 4.91. The normalized spacial score (nSPS) is 11.9. The van der Waals surface area contributed by atoms with Gasteiger partial charge in [-0.1, -0.05) is 29.9 Å². The third-order valence-corrected chi connectivity index (χ3v) is 8.07. The lowest BCUT2D eigenvalue weighted by Gasteiger charge is -2.35. The van der Waals surface area contributed by atoms with Gasteiger partial charge in [0, 0.05) is 44.4 Å². The Labute approximate surface area is 334 Å². The minimum absolute atomic E-state index is 0.00807. The number of nitrogens with one attached hydrogen (secondary N) is 4. The van der Waals surface area contributed by atoms with Gasteiger partial charge in [-0.25, -0.2) is 10.1 Å². The summed E-state index contributed by atoms with van der Waals surface area (Å²) in [5.41, 5.74) is 3.75. The largest absolute Gasteiger partial charge is 0.453 e. The summed E-state index contributed by atoms with van der Waals surface area (Å²) in [7, 11) is -4.57. The summed E-state index contributed by atoms with van der Waals surface area (Å²) in [6.07, 6.45) is 15.1. The van der Waals surface area contributed by atoms with E-state index in [0.717, 1.165) is 0 Å². The molecule has 18 nitrogen and oxygen atoms in total. The van der Waals surface area contributed by atoms with Gasteiger partial charge in [0.25, 0.3) is 5.91 Å². The summed E-state index contributed by atoms with van der Waals surface area (Å²) in [5.74, 6) is 4.87. The molecule has 1 atom stereocenters. The van der Waals surface area contributed by atoms with Gasteiger partial charge in [0.15, 0.2) is 0 Å². The van der Waals surface area contributed by atoms with Crippen LogP contribution in [0.3, 0.4) is 0 Å². The molecule has 0 radical (unpaired) electrons. The summed E-state index contributed by atoms with van der Waals surface area (Å²) in [5, 5.41) is 11.2. The Bertz CT molecular complexity index is 1410. The maximum atomic E-state index is 13.9. The van der Waals surface area contributed by atoms with Crippen LogP contribution in [0.5, 0.6) is 5.75 Å². The second-order valence-electron chi connectivity index (χ2n) is 12.0. The van der Waals surface area contributed by atoms with Gasteiger partial charge < -0.3 is 59.1 Å². The summed E-state index contributed by atoms with van der Waals surface area (Å²) >= 11 is 0. The Morgan fingerprint density at radius 2 is 1.00 bits per heavy atom. The highest BCUT2D eigenvalue weighted by atomic mass is 31.2. The summed E-state index contributed by atoms with van der Waals surface area (Å²) in [6.45, 7) is 3.32. The number of ether oxygens (including phenoxy) is 6. The van der Waals surface area contributed by atoms with Crippen molar-refractivity contribution in [3.63, 3.8) is 0 Å². The maximum absolute atomic E-state index is 13.9. The number of hydrogen-bond donors (Lipinski definition) is 6. The van der Waals surface area contributed by atoms with Gasteiger partial charge in [0.2, 0.25) is 17.7 Å². The highest BCUT2D eigenvalue weighted by Gasteiger charge is 2.35. The van der Waals surface area contributed by atoms with Gasteiger partial charge >= 0.3 is 7.75 Å². The molecule has 0 fully saturated rings. The average Bonchev–Trinajstić information content (AvgIpc) is 3.18. The Kier molecular flexibility index (Phi) is 28.0. The molecule has 1 aromatic rings. The molecule has 19 heteroatoms. The van der Waals surface area contributed by atoms with E-state index >= 15 is 0 Å². The van der Waals surface area contributed by atoms with Crippen LogP contribution in [0.15, 0.2) is 24.3 Å². The molecule has 0 aliphatic rings. The molecule has 1 aromatic carbocycles. The predicted octanol–water partition coefficient (Wildman–Crippen LogP) is 0.282. The summed E-state index contributed by atoms with van der Waals surface area (Å²) in [6, 6.07) is 5.62. The van der Waals surface area contributed by atoms with E-state index in [9.17, 15) is 28.6 Å². The highest BCUT2D eigenvalue weighted by molar-refractivity contribution is 7.50. The Morgan fingerprint density at radius 3 is 1.37 bits per heavy atom. The molecule has 57 heavy (non-hydrogen) atoms. The van der Waals surface area contributed by atoms with Gasteiger partial charge in [-0.05, 0) is 31.4 Å². The van der Waals surface area contributed by atoms with E-state index in [1.165, 1.54) is 24.3 Å². The molecule has 4 amide bonds. The number of benzene rings is 1. The fourth-order valence-corrected chi connectivity index (χ4v) is 5.35. The van der Waals surface area contributed by atoms with E-state index in [1.54, 1.807) is 0 Å². The van der Waals surface area contributed by atoms with E-state index in [-0.39, 0.29) is 147 Å². The summed E-state index contributed by atoms with van der Waals surface area (Å²) < 4.78 is 48.6. The van der Waals surface area contributed by atoms with Crippen molar-refractivity contribution in [3.8, 4) is 42.8 Å². The predicted molar refractivity (Wildman–Crippen MR) is 209 cm³/mol. The zero-order valence-electron chi connectivity index (χ0n) is 32.3. The first-order valence-electron chi connectivity index (χ1n) is 18.2. The monoisotopic (exact) mass is 821 g/mol. The van der Waals surface area contributed by atoms with Crippen LogP contribution in [-0.2, 0) is 47.4 Å². The van der Waals surface area contributed by atoms with Crippen molar-refractivity contribution in [2.24, 2.45) is 5.50 Å². The van der Waals surface area contributed by atoms with E-state index in [1.807, 2.05) is 0 Å². The Hall–Kier alpha value is -4.51. The zero-order valence-corrected chi connectivity index (χ0v) is 33.2. The number of carbonyl (C=O) groups excluding carboxylic acids is 4. The van der Waals surface area contributed by atoms with E-state index in [2.05, 4.69) is 39.0 Å².